The standard InChI is InChI=1S/C12H17NO4/c1-2-3-6-13-11(14)9-7-4-5-8(17-7)10(9)12(15)16/h4-5,7-10H,2-3,6H2,1H3,(H,13,14)(H,15,16)/t7-,8+,9+,10-/m0/s1. The zero-order valence-corrected chi connectivity index (χ0v) is 9.76. The van der Waals surface area contributed by atoms with Crippen LogP contribution >= 0.6 is 0 Å². The molecule has 0 aromatic carbocycles. The zero-order valence-electron chi connectivity index (χ0n) is 9.76. The van der Waals surface area contributed by atoms with Crippen molar-refractivity contribution in [1.29, 1.82) is 0 Å². The molecular weight excluding hydrogens is 222 g/mol. The Bertz CT molecular complexity index is 352. The maximum atomic E-state index is 11.9. The molecule has 2 heterocycles. The Balaban J connectivity index is 2.01. The molecule has 2 N–H and O–H groups in total. The van der Waals surface area contributed by atoms with E-state index < -0.39 is 23.9 Å². The first-order chi connectivity index (χ1) is 8.15. The molecule has 5 nitrogen and oxygen atoms in total. The van der Waals surface area contributed by atoms with E-state index in [0.717, 1.165) is 12.8 Å². The number of carboxylic acid groups (broad SMARTS) is 1. The number of carbonyl (C=O) groups excluding carboxylic acids is 1. The number of nitrogens with one attached hydrogen (secondary N) is 1. The van der Waals surface area contributed by atoms with E-state index in [-0.39, 0.29) is 12.0 Å². The predicted octanol–water partition coefficient (Wildman–Crippen LogP) is 0.557. The van der Waals surface area contributed by atoms with Crippen molar-refractivity contribution < 1.29 is 19.4 Å². The molecule has 0 unspecified atom stereocenters. The van der Waals surface area contributed by atoms with Gasteiger partial charge in [0.25, 0.3) is 0 Å². The minimum Gasteiger partial charge on any atom is -0.481 e. The van der Waals surface area contributed by atoms with Gasteiger partial charge >= 0.3 is 5.97 Å². The Morgan fingerprint density at radius 3 is 2.53 bits per heavy atom. The second-order valence-corrected chi connectivity index (χ2v) is 4.48. The lowest BCUT2D eigenvalue weighted by molar-refractivity contribution is -0.146. The third-order valence-electron chi connectivity index (χ3n) is 3.32. The molecule has 1 fully saturated rings. The molecular formula is C12H17NO4. The smallest absolute Gasteiger partial charge is 0.310 e. The van der Waals surface area contributed by atoms with Gasteiger partial charge in [0.1, 0.15) is 5.92 Å². The van der Waals surface area contributed by atoms with E-state index in [1.165, 1.54) is 0 Å². The van der Waals surface area contributed by atoms with Gasteiger partial charge in [-0.2, -0.15) is 0 Å². The summed E-state index contributed by atoms with van der Waals surface area (Å²) < 4.78 is 5.43. The van der Waals surface area contributed by atoms with Crippen molar-refractivity contribution in [3.05, 3.63) is 12.2 Å². The van der Waals surface area contributed by atoms with Crippen molar-refractivity contribution in [2.45, 2.75) is 32.0 Å². The summed E-state index contributed by atoms with van der Waals surface area (Å²) in [6.07, 6.45) is 4.60. The summed E-state index contributed by atoms with van der Waals surface area (Å²) in [6, 6.07) is 0. The van der Waals surface area contributed by atoms with Crippen LogP contribution < -0.4 is 5.32 Å². The fraction of sp³-hybridized carbons (Fsp3) is 0.667. The van der Waals surface area contributed by atoms with E-state index >= 15 is 0 Å². The number of fused-ring (bicyclic) bond motifs is 2. The number of ether oxygens (including phenoxy) is 1. The summed E-state index contributed by atoms with van der Waals surface area (Å²) in [5, 5.41) is 11.9. The number of carbonyl (C=O) groups is 2. The van der Waals surface area contributed by atoms with E-state index in [1.807, 2.05) is 6.92 Å². The second-order valence-electron chi connectivity index (χ2n) is 4.48. The lowest BCUT2D eigenvalue weighted by atomic mass is 9.82. The summed E-state index contributed by atoms with van der Waals surface area (Å²) in [5.41, 5.74) is 0. The van der Waals surface area contributed by atoms with Crippen molar-refractivity contribution in [3.63, 3.8) is 0 Å². The molecule has 0 saturated carbocycles. The number of amides is 1. The summed E-state index contributed by atoms with van der Waals surface area (Å²) >= 11 is 0. The van der Waals surface area contributed by atoms with Crippen molar-refractivity contribution >= 4 is 11.9 Å². The van der Waals surface area contributed by atoms with Gasteiger partial charge in [0.05, 0.1) is 18.1 Å². The Labute approximate surface area is 99.8 Å². The third-order valence-corrected chi connectivity index (χ3v) is 3.32. The predicted molar refractivity (Wildman–Crippen MR) is 60.3 cm³/mol. The third kappa shape index (κ3) is 2.20. The van der Waals surface area contributed by atoms with Crippen molar-refractivity contribution in [2.24, 2.45) is 11.8 Å². The highest BCUT2D eigenvalue weighted by atomic mass is 16.5. The number of hydrogen-bond donors (Lipinski definition) is 2. The molecule has 2 aliphatic heterocycles. The van der Waals surface area contributed by atoms with Crippen LogP contribution in [0.15, 0.2) is 12.2 Å². The highest BCUT2D eigenvalue weighted by Crippen LogP contribution is 2.39. The van der Waals surface area contributed by atoms with Crippen LogP contribution in [-0.2, 0) is 14.3 Å². The van der Waals surface area contributed by atoms with Gasteiger partial charge in [-0.15, -0.1) is 0 Å². The minimum atomic E-state index is -0.961. The van der Waals surface area contributed by atoms with Crippen LogP contribution in [0.5, 0.6) is 0 Å². The van der Waals surface area contributed by atoms with Gasteiger partial charge in [-0.3, -0.25) is 9.59 Å². The van der Waals surface area contributed by atoms with Crippen molar-refractivity contribution in [2.75, 3.05) is 6.54 Å². The molecule has 1 amide bonds. The first-order valence-corrected chi connectivity index (χ1v) is 5.99. The van der Waals surface area contributed by atoms with E-state index in [1.54, 1.807) is 12.2 Å². The van der Waals surface area contributed by atoms with Crippen LogP contribution in [0.25, 0.3) is 0 Å². The summed E-state index contributed by atoms with van der Waals surface area (Å²) in [7, 11) is 0. The maximum Gasteiger partial charge on any atom is 0.310 e. The molecule has 0 aliphatic carbocycles. The Morgan fingerprint density at radius 1 is 1.29 bits per heavy atom. The SMILES string of the molecule is CCCCNC(=O)[C@H]1[C@@H](C(=O)O)[C@H]2C=C[C@@H]1O2. The minimum absolute atomic E-state index is 0.206. The van der Waals surface area contributed by atoms with E-state index in [2.05, 4.69) is 5.32 Å². The molecule has 2 rings (SSSR count). The highest BCUT2D eigenvalue weighted by molar-refractivity contribution is 5.87. The van der Waals surface area contributed by atoms with Gasteiger partial charge in [-0.05, 0) is 6.42 Å². The summed E-state index contributed by atoms with van der Waals surface area (Å²) in [4.78, 5) is 23.1. The van der Waals surface area contributed by atoms with Crippen LogP contribution in [0.3, 0.4) is 0 Å². The first kappa shape index (κ1) is 12.1. The monoisotopic (exact) mass is 239 g/mol. The fourth-order valence-corrected chi connectivity index (χ4v) is 2.42. The first-order valence-electron chi connectivity index (χ1n) is 5.99. The van der Waals surface area contributed by atoms with E-state index in [4.69, 9.17) is 9.84 Å². The average molecular weight is 239 g/mol. The molecule has 5 heteroatoms. The number of unbranched alkanes of at least 4 members (excludes halogenated alkanes) is 1. The van der Waals surface area contributed by atoms with Crippen LogP contribution in [0, 0.1) is 11.8 Å². The Hall–Kier alpha value is -1.36. The van der Waals surface area contributed by atoms with Gasteiger partial charge in [0.2, 0.25) is 5.91 Å². The fourth-order valence-electron chi connectivity index (χ4n) is 2.42. The molecule has 94 valence electrons. The molecule has 17 heavy (non-hydrogen) atoms. The van der Waals surface area contributed by atoms with E-state index in [0.29, 0.717) is 6.54 Å². The molecule has 0 aromatic rings. The van der Waals surface area contributed by atoms with Gasteiger partial charge in [0, 0.05) is 6.54 Å². The van der Waals surface area contributed by atoms with Gasteiger partial charge in [0.15, 0.2) is 0 Å². The normalized spacial score (nSPS) is 33.9. The number of carboxylic acids is 1. The zero-order chi connectivity index (χ0) is 12.4. The molecule has 2 aliphatic rings. The number of aliphatic carboxylic acids is 1. The van der Waals surface area contributed by atoms with E-state index in [9.17, 15) is 9.59 Å². The van der Waals surface area contributed by atoms with Crippen LogP contribution in [0.1, 0.15) is 19.8 Å². The van der Waals surface area contributed by atoms with Gasteiger partial charge < -0.3 is 15.2 Å². The Morgan fingerprint density at radius 2 is 1.94 bits per heavy atom. The Kier molecular flexibility index (Phi) is 3.47. The molecule has 0 spiro atoms. The lowest BCUT2D eigenvalue weighted by Gasteiger charge is -2.20. The van der Waals surface area contributed by atoms with Crippen molar-refractivity contribution in [1.82, 2.24) is 5.32 Å². The maximum absolute atomic E-state index is 11.9. The average Bonchev–Trinajstić information content (AvgIpc) is 2.88. The quantitative estimate of drug-likeness (QED) is 0.543. The van der Waals surface area contributed by atoms with Gasteiger partial charge in [-0.1, -0.05) is 25.5 Å². The molecule has 2 bridgehead atoms. The van der Waals surface area contributed by atoms with Crippen molar-refractivity contribution in [3.8, 4) is 0 Å². The molecule has 4 atom stereocenters. The second kappa shape index (κ2) is 4.87. The summed E-state index contributed by atoms with van der Waals surface area (Å²) in [6.45, 7) is 2.63. The topological polar surface area (TPSA) is 75.6 Å². The molecule has 0 radical (unpaired) electrons. The lowest BCUT2D eigenvalue weighted by Crippen LogP contribution is -2.42. The van der Waals surface area contributed by atoms with Crippen LogP contribution in [0.4, 0.5) is 0 Å². The molecule has 1 saturated heterocycles. The number of hydrogen-bond acceptors (Lipinski definition) is 3. The molecule has 0 aromatic heterocycles. The summed E-state index contributed by atoms with van der Waals surface area (Å²) in [5.74, 6) is -2.49. The number of rotatable bonds is 5. The van der Waals surface area contributed by atoms with Crippen LogP contribution in [-0.4, -0.2) is 35.7 Å². The largest absolute Gasteiger partial charge is 0.481 e. The van der Waals surface area contributed by atoms with Crippen LogP contribution in [0.2, 0.25) is 0 Å². The van der Waals surface area contributed by atoms with Gasteiger partial charge in [-0.25, -0.2) is 0 Å². The highest BCUT2D eigenvalue weighted by Gasteiger charge is 2.52.